The summed E-state index contributed by atoms with van der Waals surface area (Å²) < 4.78 is 34.7. The van der Waals surface area contributed by atoms with Crippen molar-refractivity contribution >= 4 is 16.1 Å². The van der Waals surface area contributed by atoms with Gasteiger partial charge in [-0.15, -0.1) is 0 Å². The van der Waals surface area contributed by atoms with Crippen LogP contribution in [0.1, 0.15) is 40.0 Å². The fourth-order valence-corrected chi connectivity index (χ4v) is 1.91. The Morgan fingerprint density at radius 1 is 1.33 bits per heavy atom. The van der Waals surface area contributed by atoms with Crippen molar-refractivity contribution in [3.05, 3.63) is 12.2 Å². The molecule has 0 unspecified atom stereocenters. The van der Waals surface area contributed by atoms with Gasteiger partial charge in [-0.3, -0.25) is 4.55 Å². The summed E-state index contributed by atoms with van der Waals surface area (Å²) in [4.78, 5) is 11.1. The van der Waals surface area contributed by atoms with Gasteiger partial charge in [-0.1, -0.05) is 20.4 Å². The van der Waals surface area contributed by atoms with Gasteiger partial charge in [0.2, 0.25) is 0 Å². The van der Waals surface area contributed by atoms with Gasteiger partial charge in [-0.25, -0.2) is 4.79 Å². The summed E-state index contributed by atoms with van der Waals surface area (Å²) in [6, 6.07) is 0. The van der Waals surface area contributed by atoms with Crippen LogP contribution >= 0.6 is 0 Å². The zero-order valence-electron chi connectivity index (χ0n) is 11.2. The van der Waals surface area contributed by atoms with E-state index in [0.29, 0.717) is 24.8 Å². The van der Waals surface area contributed by atoms with Crippen molar-refractivity contribution in [2.45, 2.75) is 40.0 Å². The molecule has 0 aromatic carbocycles. The highest BCUT2D eigenvalue weighted by Crippen LogP contribution is 2.26. The lowest BCUT2D eigenvalue weighted by atomic mass is 9.85. The van der Waals surface area contributed by atoms with E-state index in [4.69, 9.17) is 9.29 Å². The van der Waals surface area contributed by atoms with Crippen molar-refractivity contribution in [3.8, 4) is 0 Å². The zero-order chi connectivity index (χ0) is 14.4. The van der Waals surface area contributed by atoms with Gasteiger partial charge in [-0.05, 0) is 31.6 Å². The fourth-order valence-electron chi connectivity index (χ4n) is 1.40. The first-order valence-corrected chi connectivity index (χ1v) is 7.42. The minimum Gasteiger partial charge on any atom is -0.462 e. The second-order valence-electron chi connectivity index (χ2n) is 5.22. The number of hydrogen-bond donors (Lipinski definition) is 1. The molecule has 0 aromatic rings. The van der Waals surface area contributed by atoms with Gasteiger partial charge in [0.25, 0.3) is 10.1 Å². The molecule has 0 aliphatic rings. The first-order valence-electron chi connectivity index (χ1n) is 5.81. The van der Waals surface area contributed by atoms with Gasteiger partial charge in [0.15, 0.2) is 0 Å². The molecule has 0 spiro atoms. The molecule has 0 saturated carbocycles. The van der Waals surface area contributed by atoms with Crippen LogP contribution in [0, 0.1) is 5.41 Å². The van der Waals surface area contributed by atoms with E-state index in [2.05, 4.69) is 6.58 Å². The highest BCUT2D eigenvalue weighted by molar-refractivity contribution is 7.85. The van der Waals surface area contributed by atoms with Crippen LogP contribution in [0.25, 0.3) is 0 Å². The van der Waals surface area contributed by atoms with Crippen LogP contribution in [0.15, 0.2) is 12.2 Å². The third kappa shape index (κ3) is 9.18. The minimum absolute atomic E-state index is 0.139. The Labute approximate surface area is 109 Å². The van der Waals surface area contributed by atoms with Crippen molar-refractivity contribution in [2.75, 3.05) is 12.4 Å². The van der Waals surface area contributed by atoms with E-state index in [1.807, 2.05) is 13.8 Å². The van der Waals surface area contributed by atoms with Crippen molar-refractivity contribution < 1.29 is 22.5 Å². The molecule has 18 heavy (non-hydrogen) atoms. The van der Waals surface area contributed by atoms with E-state index in [0.717, 1.165) is 0 Å². The maximum atomic E-state index is 11.1. The summed E-state index contributed by atoms with van der Waals surface area (Å²) >= 11 is 0. The highest BCUT2D eigenvalue weighted by Gasteiger charge is 2.19. The van der Waals surface area contributed by atoms with E-state index < -0.39 is 16.1 Å². The lowest BCUT2D eigenvalue weighted by molar-refractivity contribution is -0.139. The van der Waals surface area contributed by atoms with E-state index >= 15 is 0 Å². The minimum atomic E-state index is -3.89. The van der Waals surface area contributed by atoms with Crippen LogP contribution < -0.4 is 0 Å². The van der Waals surface area contributed by atoms with Gasteiger partial charge >= 0.3 is 5.97 Å². The Hall–Kier alpha value is -0.880. The smallest absolute Gasteiger partial charge is 0.333 e. The second kappa shape index (κ2) is 6.89. The van der Waals surface area contributed by atoms with E-state index in [1.54, 1.807) is 6.92 Å². The Morgan fingerprint density at radius 3 is 2.33 bits per heavy atom. The van der Waals surface area contributed by atoms with Crippen molar-refractivity contribution in [2.24, 2.45) is 5.41 Å². The lowest BCUT2D eigenvalue weighted by Crippen LogP contribution is -2.18. The molecule has 5 nitrogen and oxygen atoms in total. The summed E-state index contributed by atoms with van der Waals surface area (Å²) in [5.74, 6) is -0.647. The van der Waals surface area contributed by atoms with Crippen molar-refractivity contribution in [1.29, 1.82) is 0 Å². The number of carbonyl (C=O) groups excluding carboxylic acids is 1. The van der Waals surface area contributed by atoms with Crippen molar-refractivity contribution in [1.82, 2.24) is 0 Å². The summed E-state index contributed by atoms with van der Waals surface area (Å²) in [6.07, 6.45) is 1.66. The molecule has 0 bridgehead atoms. The van der Waals surface area contributed by atoms with Gasteiger partial charge in [0, 0.05) is 5.57 Å². The largest absolute Gasteiger partial charge is 0.462 e. The molecular weight excluding hydrogens is 256 g/mol. The molecule has 106 valence electrons. The van der Waals surface area contributed by atoms with E-state index in [9.17, 15) is 13.2 Å². The molecule has 0 aromatic heterocycles. The van der Waals surface area contributed by atoms with Gasteiger partial charge in [-0.2, -0.15) is 8.42 Å². The van der Waals surface area contributed by atoms with Crippen LogP contribution in [0.5, 0.6) is 0 Å². The first-order chi connectivity index (χ1) is 8.03. The molecular formula is C12H22O5S. The normalized spacial score (nSPS) is 12.2. The predicted molar refractivity (Wildman–Crippen MR) is 69.8 cm³/mol. The second-order valence-corrected chi connectivity index (χ2v) is 6.79. The third-order valence-electron chi connectivity index (χ3n) is 2.62. The summed E-state index contributed by atoms with van der Waals surface area (Å²) in [6.45, 7) is 9.27. The van der Waals surface area contributed by atoms with Gasteiger partial charge < -0.3 is 4.74 Å². The molecule has 0 aliphatic carbocycles. The average Bonchev–Trinajstić information content (AvgIpc) is 2.14. The predicted octanol–water partition coefficient (Wildman–Crippen LogP) is 2.19. The Morgan fingerprint density at radius 2 is 1.89 bits per heavy atom. The third-order valence-corrected chi connectivity index (χ3v) is 3.42. The lowest BCUT2D eigenvalue weighted by Gasteiger charge is -2.24. The monoisotopic (exact) mass is 278 g/mol. The van der Waals surface area contributed by atoms with Crippen LogP contribution in [-0.4, -0.2) is 31.3 Å². The van der Waals surface area contributed by atoms with E-state index in [1.165, 1.54) is 0 Å². The first kappa shape index (κ1) is 17.1. The zero-order valence-corrected chi connectivity index (χ0v) is 12.0. The Kier molecular flexibility index (Phi) is 6.56. The Balaban J connectivity index is 3.94. The maximum Gasteiger partial charge on any atom is 0.333 e. The molecule has 0 radical (unpaired) electrons. The molecule has 0 rings (SSSR count). The van der Waals surface area contributed by atoms with Crippen LogP contribution in [0.3, 0.4) is 0 Å². The van der Waals surface area contributed by atoms with Gasteiger partial charge in [0.05, 0.1) is 12.4 Å². The topological polar surface area (TPSA) is 80.7 Å². The molecule has 0 fully saturated rings. The molecule has 0 atom stereocenters. The average molecular weight is 278 g/mol. The number of carbonyl (C=O) groups is 1. The molecule has 0 aliphatic heterocycles. The summed E-state index contributed by atoms with van der Waals surface area (Å²) in [7, 11) is -3.89. The molecule has 0 saturated heterocycles. The molecule has 6 heteroatoms. The number of esters is 1. The van der Waals surface area contributed by atoms with Crippen LogP contribution in [0.4, 0.5) is 0 Å². The summed E-state index contributed by atoms with van der Waals surface area (Å²) in [5.41, 5.74) is 0.222. The van der Waals surface area contributed by atoms with Crippen molar-refractivity contribution in [3.63, 3.8) is 0 Å². The molecule has 0 amide bonds. The fraction of sp³-hybridized carbons (Fsp3) is 0.750. The van der Waals surface area contributed by atoms with E-state index in [-0.39, 0.29) is 17.8 Å². The number of hydrogen-bond acceptors (Lipinski definition) is 4. The van der Waals surface area contributed by atoms with Gasteiger partial charge in [0.1, 0.15) is 0 Å². The van der Waals surface area contributed by atoms with Crippen LogP contribution in [0.2, 0.25) is 0 Å². The molecule has 1 N–H and O–H groups in total. The number of ether oxygens (including phenoxy) is 1. The Bertz CT molecular complexity index is 395. The standard InChI is InChI=1S/C12H22O5S/c1-10(2)11(13)17-8-7-12(3,4)6-5-9-18(14,15)16/h1,5-9H2,2-4H3,(H,14,15,16). The maximum absolute atomic E-state index is 11.1. The summed E-state index contributed by atoms with van der Waals surface area (Å²) in [5, 5.41) is 0. The number of rotatable bonds is 8. The quantitative estimate of drug-likeness (QED) is 0.418. The highest BCUT2D eigenvalue weighted by atomic mass is 32.2. The SMILES string of the molecule is C=C(C)C(=O)OCCC(C)(C)CCCS(=O)(=O)O. The van der Waals surface area contributed by atoms with Crippen LogP contribution in [-0.2, 0) is 19.6 Å². The molecule has 0 heterocycles.